The van der Waals surface area contributed by atoms with Crippen molar-refractivity contribution < 1.29 is 27.9 Å². The van der Waals surface area contributed by atoms with Crippen molar-refractivity contribution in [2.24, 2.45) is 0 Å². The van der Waals surface area contributed by atoms with Crippen LogP contribution < -0.4 is 11.2 Å². The summed E-state index contributed by atoms with van der Waals surface area (Å²) in [7, 11) is -3.32. The highest BCUT2D eigenvalue weighted by Gasteiger charge is 2.77. The number of epoxide rings is 1. The summed E-state index contributed by atoms with van der Waals surface area (Å²) >= 11 is 0. The lowest BCUT2D eigenvalue weighted by molar-refractivity contribution is -0.142. The van der Waals surface area contributed by atoms with Crippen molar-refractivity contribution in [3.05, 3.63) is 33.1 Å². The SMILES string of the molecule is COC(=O)C1O[C@]12[C@@H](CO[Si](C)(C)C(C)(C)C)O[C@@H](n1ccc(=O)[nH]c1=O)[C@@H]2O[Si](C)(C)C(C)(C)C. The maximum Gasteiger partial charge on any atom is 0.338 e. The van der Waals surface area contributed by atoms with Crippen LogP contribution >= 0.6 is 0 Å². The van der Waals surface area contributed by atoms with Crippen LogP contribution in [0.5, 0.6) is 0 Å². The monoisotopic (exact) mass is 542 g/mol. The van der Waals surface area contributed by atoms with E-state index in [4.69, 9.17) is 23.1 Å². The second kappa shape index (κ2) is 9.31. The standard InChI is InChI=1S/C24H42N2O8Si2/c1-22(2,3)35(8,9)31-14-15-24(18(33-24)20(28)30-7)17(34-36(10,11)23(4,5)6)19(32-15)26-13-12-16(27)25-21(26)29/h12-13,15,17-19H,14H2,1-11H3,(H,25,27,29)/t15-,17+,18?,19-,24+/m1/s1. The molecule has 0 amide bonds. The molecule has 204 valence electrons. The molecule has 0 saturated carbocycles. The number of carbonyl (C=O) groups is 1. The van der Waals surface area contributed by atoms with E-state index < -0.39 is 64.0 Å². The Balaban J connectivity index is 2.10. The number of H-pyrrole nitrogens is 1. The zero-order valence-electron chi connectivity index (χ0n) is 23.4. The number of carbonyl (C=O) groups excluding carboxylic acids is 1. The number of rotatable bonds is 7. The lowest BCUT2D eigenvalue weighted by Crippen LogP contribution is -2.53. The second-order valence-electron chi connectivity index (χ2n) is 12.8. The zero-order chi connectivity index (χ0) is 27.5. The first-order valence-corrected chi connectivity index (χ1v) is 18.1. The van der Waals surface area contributed by atoms with Gasteiger partial charge in [-0.2, -0.15) is 0 Å². The summed E-state index contributed by atoms with van der Waals surface area (Å²) in [6.45, 7) is 21.3. The van der Waals surface area contributed by atoms with Gasteiger partial charge in [0, 0.05) is 12.3 Å². The van der Waals surface area contributed by atoms with Gasteiger partial charge in [0.15, 0.2) is 34.6 Å². The molecule has 2 saturated heterocycles. The van der Waals surface area contributed by atoms with Gasteiger partial charge in [0.2, 0.25) is 0 Å². The summed E-state index contributed by atoms with van der Waals surface area (Å²) in [5.41, 5.74) is -2.34. The zero-order valence-corrected chi connectivity index (χ0v) is 25.4. The van der Waals surface area contributed by atoms with Crippen molar-refractivity contribution in [2.45, 2.75) is 108 Å². The summed E-state index contributed by atoms with van der Waals surface area (Å²) in [5, 5.41) is -0.211. The van der Waals surface area contributed by atoms with Crippen LogP contribution in [0.1, 0.15) is 47.8 Å². The highest BCUT2D eigenvalue weighted by Crippen LogP contribution is 2.56. The maximum atomic E-state index is 12.8. The average molecular weight is 543 g/mol. The number of aromatic amines is 1. The fourth-order valence-corrected chi connectivity index (χ4v) is 6.17. The minimum atomic E-state index is -2.45. The molecule has 0 aromatic carbocycles. The van der Waals surface area contributed by atoms with E-state index in [2.05, 4.69) is 72.7 Å². The number of esters is 1. The number of aromatic nitrogens is 2. The summed E-state index contributed by atoms with van der Waals surface area (Å²) in [5.74, 6) is -0.533. The van der Waals surface area contributed by atoms with Crippen LogP contribution in [-0.2, 0) is 27.9 Å². The third-order valence-electron chi connectivity index (χ3n) is 8.36. The molecule has 1 aromatic heterocycles. The molecule has 1 aromatic rings. The number of ether oxygens (including phenoxy) is 3. The van der Waals surface area contributed by atoms with E-state index in [0.29, 0.717) is 0 Å². The molecule has 12 heteroatoms. The van der Waals surface area contributed by atoms with Gasteiger partial charge in [-0.3, -0.25) is 14.3 Å². The minimum absolute atomic E-state index is 0.0444. The van der Waals surface area contributed by atoms with E-state index in [9.17, 15) is 14.4 Å². The van der Waals surface area contributed by atoms with Gasteiger partial charge in [0.1, 0.15) is 12.2 Å². The van der Waals surface area contributed by atoms with Crippen molar-refractivity contribution in [1.82, 2.24) is 9.55 Å². The second-order valence-corrected chi connectivity index (χ2v) is 22.3. The summed E-state index contributed by atoms with van der Waals surface area (Å²) in [4.78, 5) is 39.6. The Bertz CT molecular complexity index is 1100. The fraction of sp³-hybridized carbons (Fsp3) is 0.792. The predicted molar refractivity (Wildman–Crippen MR) is 140 cm³/mol. The van der Waals surface area contributed by atoms with E-state index in [1.54, 1.807) is 0 Å². The van der Waals surface area contributed by atoms with Crippen LogP contribution in [0.3, 0.4) is 0 Å². The molecule has 10 nitrogen and oxygen atoms in total. The van der Waals surface area contributed by atoms with E-state index in [1.807, 2.05) is 0 Å². The summed E-state index contributed by atoms with van der Waals surface area (Å²) in [6.07, 6.45) is -1.98. The molecule has 0 aliphatic carbocycles. The van der Waals surface area contributed by atoms with E-state index in [0.717, 1.165) is 0 Å². The Kier molecular flexibility index (Phi) is 7.50. The quantitative estimate of drug-likeness (QED) is 0.317. The van der Waals surface area contributed by atoms with Crippen LogP contribution in [0.2, 0.25) is 36.3 Å². The Hall–Kier alpha value is -1.58. The normalized spacial score (nSPS) is 29.0. The highest BCUT2D eigenvalue weighted by atomic mass is 28.4. The van der Waals surface area contributed by atoms with Crippen LogP contribution in [0, 0.1) is 0 Å². The summed E-state index contributed by atoms with van der Waals surface area (Å²) in [6, 6.07) is 1.26. The van der Waals surface area contributed by atoms with Gasteiger partial charge in [-0.25, -0.2) is 9.59 Å². The predicted octanol–water partition coefficient (Wildman–Crippen LogP) is 3.16. The topological polar surface area (TPSA) is 121 Å². The molecular formula is C24H42N2O8Si2. The molecule has 1 spiro atoms. The van der Waals surface area contributed by atoms with E-state index in [-0.39, 0.29) is 16.7 Å². The molecule has 3 rings (SSSR count). The maximum absolute atomic E-state index is 12.8. The van der Waals surface area contributed by atoms with Gasteiger partial charge in [0.05, 0.1) is 13.7 Å². The highest BCUT2D eigenvalue weighted by molar-refractivity contribution is 6.74. The number of methoxy groups -OCH3 is 1. The number of hydrogen-bond donors (Lipinski definition) is 1. The van der Waals surface area contributed by atoms with Crippen molar-refractivity contribution in [1.29, 1.82) is 0 Å². The van der Waals surface area contributed by atoms with Gasteiger partial charge in [0.25, 0.3) is 5.56 Å². The summed E-state index contributed by atoms with van der Waals surface area (Å²) < 4.78 is 32.2. The van der Waals surface area contributed by atoms with Gasteiger partial charge in [-0.1, -0.05) is 41.5 Å². The minimum Gasteiger partial charge on any atom is -0.467 e. The van der Waals surface area contributed by atoms with Crippen LogP contribution in [0.4, 0.5) is 0 Å². The van der Waals surface area contributed by atoms with Crippen LogP contribution in [-0.4, -0.2) is 69.8 Å². The van der Waals surface area contributed by atoms with E-state index >= 15 is 0 Å². The molecule has 0 bridgehead atoms. The van der Waals surface area contributed by atoms with Crippen LogP contribution in [0.15, 0.2) is 21.9 Å². The van der Waals surface area contributed by atoms with Gasteiger partial charge in [-0.05, 0) is 36.3 Å². The smallest absolute Gasteiger partial charge is 0.338 e. The van der Waals surface area contributed by atoms with Gasteiger partial charge < -0.3 is 23.1 Å². The molecule has 5 atom stereocenters. The molecule has 36 heavy (non-hydrogen) atoms. The Morgan fingerprint density at radius 1 is 1.08 bits per heavy atom. The Labute approximate surface area is 214 Å². The molecule has 2 fully saturated rings. The van der Waals surface area contributed by atoms with Crippen LogP contribution in [0.25, 0.3) is 0 Å². The van der Waals surface area contributed by atoms with Crippen molar-refractivity contribution in [3.8, 4) is 0 Å². The lowest BCUT2D eigenvalue weighted by Gasteiger charge is -2.40. The molecule has 0 radical (unpaired) electrons. The van der Waals surface area contributed by atoms with Crippen molar-refractivity contribution >= 4 is 22.6 Å². The molecule has 1 N–H and O–H groups in total. The van der Waals surface area contributed by atoms with Crippen molar-refractivity contribution in [2.75, 3.05) is 13.7 Å². The first-order valence-electron chi connectivity index (χ1n) is 12.3. The number of hydrogen-bond acceptors (Lipinski definition) is 8. The lowest BCUT2D eigenvalue weighted by atomic mass is 9.94. The number of nitrogens with zero attached hydrogens (tertiary/aromatic N) is 1. The molecule has 1 unspecified atom stereocenters. The Morgan fingerprint density at radius 2 is 1.67 bits per heavy atom. The largest absolute Gasteiger partial charge is 0.467 e. The third kappa shape index (κ3) is 5.08. The Morgan fingerprint density at radius 3 is 2.17 bits per heavy atom. The molecule has 2 aliphatic heterocycles. The fourth-order valence-electron chi connectivity index (χ4n) is 3.88. The average Bonchev–Trinajstić information content (AvgIpc) is 3.40. The first-order chi connectivity index (χ1) is 16.3. The number of nitrogens with one attached hydrogen (secondary N) is 1. The first kappa shape index (κ1) is 29.0. The molecule has 3 heterocycles. The molecule has 2 aliphatic rings. The van der Waals surface area contributed by atoms with Crippen molar-refractivity contribution in [3.63, 3.8) is 0 Å². The van der Waals surface area contributed by atoms with E-state index in [1.165, 1.54) is 23.9 Å². The third-order valence-corrected chi connectivity index (χ3v) is 17.3. The molecular weight excluding hydrogens is 500 g/mol. The van der Waals surface area contributed by atoms with Gasteiger partial charge in [-0.15, -0.1) is 0 Å². The van der Waals surface area contributed by atoms with Gasteiger partial charge >= 0.3 is 11.7 Å².